The first-order valence-electron chi connectivity index (χ1n) is 4.01. The summed E-state index contributed by atoms with van der Waals surface area (Å²) < 4.78 is 66.6. The van der Waals surface area contributed by atoms with Gasteiger partial charge in [-0.3, -0.25) is 9.12 Å². The summed E-state index contributed by atoms with van der Waals surface area (Å²) in [6, 6.07) is 0.872. The van der Waals surface area contributed by atoms with Crippen LogP contribution in [0.2, 0.25) is 0 Å². The highest BCUT2D eigenvalue weighted by atomic mass is 32.2. The largest absolute Gasteiger partial charge is 0.329 e. The molecule has 0 aromatic heterocycles. The van der Waals surface area contributed by atoms with E-state index in [0.29, 0.717) is 12.1 Å². The van der Waals surface area contributed by atoms with Crippen molar-refractivity contribution in [3.63, 3.8) is 0 Å². The van der Waals surface area contributed by atoms with Crippen LogP contribution in [0.25, 0.3) is 0 Å². The zero-order valence-corrected chi connectivity index (χ0v) is 9.75. The average molecular weight is 288 g/mol. The zero-order valence-electron chi connectivity index (χ0n) is 8.04. The fourth-order valence-corrected chi connectivity index (χ4v) is 2.46. The van der Waals surface area contributed by atoms with E-state index in [1.54, 1.807) is 0 Å². The van der Waals surface area contributed by atoms with E-state index in [2.05, 4.69) is 0 Å². The molecule has 3 N–H and O–H groups in total. The molecule has 0 fully saturated rings. The Hall–Kier alpha value is -0.860. The van der Waals surface area contributed by atoms with Crippen molar-refractivity contribution in [3.8, 4) is 0 Å². The van der Waals surface area contributed by atoms with Gasteiger partial charge in [0.1, 0.15) is 11.6 Å². The Morgan fingerprint density at radius 2 is 1.59 bits per heavy atom. The summed E-state index contributed by atoms with van der Waals surface area (Å²) in [5, 5.41) is 0. The van der Waals surface area contributed by atoms with Crippen molar-refractivity contribution in [2.24, 2.45) is 0 Å². The average Bonchev–Trinajstić information content (AvgIpc) is 1.94. The van der Waals surface area contributed by atoms with Crippen LogP contribution in [0.4, 0.5) is 8.78 Å². The van der Waals surface area contributed by atoms with Crippen molar-refractivity contribution in [2.75, 3.05) is 0 Å². The van der Waals surface area contributed by atoms with E-state index in [1.165, 1.54) is 0 Å². The van der Waals surface area contributed by atoms with Crippen molar-refractivity contribution in [2.45, 2.75) is 11.1 Å². The molecule has 1 rings (SSSR count). The smallest absolute Gasteiger partial charge is 0.324 e. The molecule has 0 amide bonds. The summed E-state index contributed by atoms with van der Waals surface area (Å²) in [7, 11) is -9.60. The van der Waals surface area contributed by atoms with Crippen LogP contribution < -0.4 is 0 Å². The molecule has 0 heterocycles. The monoisotopic (exact) mass is 288 g/mol. The van der Waals surface area contributed by atoms with Gasteiger partial charge in [-0.2, -0.15) is 8.42 Å². The molecule has 17 heavy (non-hydrogen) atoms. The van der Waals surface area contributed by atoms with Crippen molar-refractivity contribution >= 4 is 17.7 Å². The first-order chi connectivity index (χ1) is 7.50. The molecule has 1 aromatic rings. The Balaban J connectivity index is 3.34. The summed E-state index contributed by atoms with van der Waals surface area (Å²) in [6.45, 7) is 0. The minimum absolute atomic E-state index is 0.416. The third kappa shape index (κ3) is 3.83. The molecule has 0 aliphatic rings. The lowest BCUT2D eigenvalue weighted by molar-refractivity contribution is 0.371. The molecule has 0 unspecified atom stereocenters. The number of hydrogen-bond donors (Lipinski definition) is 3. The van der Waals surface area contributed by atoms with Gasteiger partial charge in [-0.1, -0.05) is 0 Å². The normalized spacial score (nSPS) is 12.8. The lowest BCUT2D eigenvalue weighted by Gasteiger charge is -2.07. The SMILES string of the molecule is O=P(O)(O)Cc1cc(F)c(S(=O)(=O)O)c(F)c1. The van der Waals surface area contributed by atoms with Gasteiger partial charge in [0, 0.05) is 0 Å². The van der Waals surface area contributed by atoms with Crippen LogP contribution in [-0.4, -0.2) is 22.8 Å². The topological polar surface area (TPSA) is 112 Å². The Bertz CT molecular complexity index is 569. The van der Waals surface area contributed by atoms with E-state index in [1.807, 2.05) is 0 Å². The molecule has 96 valence electrons. The Morgan fingerprint density at radius 1 is 1.18 bits per heavy atom. The van der Waals surface area contributed by atoms with Crippen LogP contribution in [0.3, 0.4) is 0 Å². The minimum Gasteiger partial charge on any atom is -0.324 e. The highest BCUT2D eigenvalue weighted by molar-refractivity contribution is 7.85. The van der Waals surface area contributed by atoms with E-state index in [-0.39, 0.29) is 0 Å². The molecule has 0 saturated heterocycles. The van der Waals surface area contributed by atoms with Crippen molar-refractivity contribution < 1.29 is 36.1 Å². The molecule has 0 aliphatic heterocycles. The number of rotatable bonds is 3. The molecule has 10 heteroatoms. The lowest BCUT2D eigenvalue weighted by Crippen LogP contribution is -2.06. The second-order valence-corrected chi connectivity index (χ2v) is 6.19. The Morgan fingerprint density at radius 3 is 1.88 bits per heavy atom. The predicted octanol–water partition coefficient (Wildman–Crippen LogP) is 0.889. The third-order valence-corrected chi connectivity index (χ3v) is 3.39. The quantitative estimate of drug-likeness (QED) is 0.562. The van der Waals surface area contributed by atoms with Gasteiger partial charge in [-0.05, 0) is 17.7 Å². The second kappa shape index (κ2) is 4.43. The molecule has 0 radical (unpaired) electrons. The molecule has 0 aliphatic carbocycles. The molecule has 0 spiro atoms. The number of halogens is 2. The Labute approximate surface area is 94.8 Å². The highest BCUT2D eigenvalue weighted by Crippen LogP contribution is 2.39. The fourth-order valence-electron chi connectivity index (χ4n) is 1.19. The van der Waals surface area contributed by atoms with Gasteiger partial charge >= 0.3 is 7.60 Å². The van der Waals surface area contributed by atoms with Crippen LogP contribution in [0.15, 0.2) is 17.0 Å². The maximum absolute atomic E-state index is 13.1. The van der Waals surface area contributed by atoms with Crippen LogP contribution in [-0.2, 0) is 20.8 Å². The van der Waals surface area contributed by atoms with Crippen LogP contribution in [0.5, 0.6) is 0 Å². The van der Waals surface area contributed by atoms with Gasteiger partial charge in [0.25, 0.3) is 10.1 Å². The zero-order chi connectivity index (χ0) is 13.4. The van der Waals surface area contributed by atoms with E-state index < -0.39 is 46.0 Å². The summed E-state index contributed by atoms with van der Waals surface area (Å²) in [5.74, 6) is -3.23. The predicted molar refractivity (Wildman–Crippen MR) is 51.9 cm³/mol. The van der Waals surface area contributed by atoms with Gasteiger partial charge < -0.3 is 9.79 Å². The number of hydrogen-bond acceptors (Lipinski definition) is 3. The molecule has 6 nitrogen and oxygen atoms in total. The van der Waals surface area contributed by atoms with Crippen LogP contribution in [0, 0.1) is 11.6 Å². The highest BCUT2D eigenvalue weighted by Gasteiger charge is 2.24. The van der Waals surface area contributed by atoms with E-state index in [0.717, 1.165) is 0 Å². The second-order valence-electron chi connectivity index (χ2n) is 3.19. The maximum Gasteiger partial charge on any atom is 0.329 e. The first-order valence-corrected chi connectivity index (χ1v) is 7.24. The molecule has 1 aromatic carbocycles. The number of benzene rings is 1. The van der Waals surface area contributed by atoms with Gasteiger partial charge in [0.05, 0.1) is 6.16 Å². The lowest BCUT2D eigenvalue weighted by atomic mass is 10.2. The minimum atomic E-state index is -5.07. The van der Waals surface area contributed by atoms with E-state index in [9.17, 15) is 21.8 Å². The van der Waals surface area contributed by atoms with E-state index >= 15 is 0 Å². The van der Waals surface area contributed by atoms with E-state index in [4.69, 9.17) is 14.3 Å². The van der Waals surface area contributed by atoms with Crippen molar-refractivity contribution in [3.05, 3.63) is 29.3 Å². The first kappa shape index (κ1) is 14.2. The molecule has 0 bridgehead atoms. The molecular weight excluding hydrogens is 281 g/mol. The van der Waals surface area contributed by atoms with Crippen molar-refractivity contribution in [1.82, 2.24) is 0 Å². The maximum atomic E-state index is 13.1. The van der Waals surface area contributed by atoms with Crippen LogP contribution in [0.1, 0.15) is 5.56 Å². The molecule has 0 atom stereocenters. The summed E-state index contributed by atoms with van der Waals surface area (Å²) in [6.07, 6.45) is -0.938. The third-order valence-electron chi connectivity index (χ3n) is 1.70. The van der Waals surface area contributed by atoms with Gasteiger partial charge in [0.15, 0.2) is 4.90 Å². The van der Waals surface area contributed by atoms with Gasteiger partial charge in [-0.15, -0.1) is 0 Å². The fraction of sp³-hybridized carbons (Fsp3) is 0.143. The summed E-state index contributed by atoms with van der Waals surface area (Å²) >= 11 is 0. The Kier molecular flexibility index (Phi) is 3.70. The molecule has 0 saturated carbocycles. The summed E-state index contributed by atoms with van der Waals surface area (Å²) in [4.78, 5) is 15.6. The van der Waals surface area contributed by atoms with Gasteiger partial charge in [0.2, 0.25) is 0 Å². The summed E-state index contributed by atoms with van der Waals surface area (Å²) in [5.41, 5.74) is -0.416. The van der Waals surface area contributed by atoms with Gasteiger partial charge in [-0.25, -0.2) is 8.78 Å². The van der Waals surface area contributed by atoms with Crippen LogP contribution >= 0.6 is 7.60 Å². The molecular formula is C7H7F2O6PS. The standard InChI is InChI=1S/C7H7F2O6PS/c8-5-1-4(3-16(10,11)12)2-6(9)7(5)17(13,14)15/h1-2H,3H2,(H2,10,11,12)(H,13,14,15). The van der Waals surface area contributed by atoms with Crippen molar-refractivity contribution in [1.29, 1.82) is 0 Å².